The molecule has 82 valence electrons. The summed E-state index contributed by atoms with van der Waals surface area (Å²) < 4.78 is 31.2. The van der Waals surface area contributed by atoms with E-state index in [1.54, 1.807) is 13.2 Å². The highest BCUT2D eigenvalue weighted by atomic mass is 19.3. The Bertz CT molecular complexity index is 354. The molecular weight excluding hydrogens is 200 g/mol. The van der Waals surface area contributed by atoms with Crippen molar-refractivity contribution in [2.24, 2.45) is 0 Å². The van der Waals surface area contributed by atoms with Gasteiger partial charge in [0, 0.05) is 18.0 Å². The Kier molecular flexibility index (Phi) is 2.61. The van der Waals surface area contributed by atoms with Gasteiger partial charge in [-0.3, -0.25) is 0 Å². The molecular formula is C11H13F2NO. The first-order valence-electron chi connectivity index (χ1n) is 4.86. The molecule has 0 aliphatic carbocycles. The van der Waals surface area contributed by atoms with Crippen LogP contribution < -0.4 is 10.1 Å². The minimum atomic E-state index is -2.61. The quantitative estimate of drug-likeness (QED) is 0.814. The Labute approximate surface area is 87.2 Å². The average Bonchev–Trinajstić information content (AvgIpc) is 2.59. The summed E-state index contributed by atoms with van der Waals surface area (Å²) >= 11 is 0. The predicted molar refractivity (Wildman–Crippen MR) is 53.3 cm³/mol. The van der Waals surface area contributed by atoms with E-state index < -0.39 is 5.92 Å². The fraction of sp³-hybridized carbons (Fsp3) is 0.455. The van der Waals surface area contributed by atoms with E-state index in [1.807, 2.05) is 18.2 Å². The molecule has 1 aromatic carbocycles. The van der Waals surface area contributed by atoms with E-state index in [2.05, 4.69) is 5.32 Å². The molecule has 2 rings (SSSR count). The van der Waals surface area contributed by atoms with Crippen LogP contribution in [0.15, 0.2) is 24.3 Å². The van der Waals surface area contributed by atoms with Gasteiger partial charge < -0.3 is 10.1 Å². The first kappa shape index (κ1) is 10.4. The van der Waals surface area contributed by atoms with Gasteiger partial charge in [-0.25, -0.2) is 8.78 Å². The number of para-hydroxylation sites is 1. The van der Waals surface area contributed by atoms with Gasteiger partial charge in [-0.15, -0.1) is 0 Å². The largest absolute Gasteiger partial charge is 0.496 e. The number of alkyl halides is 2. The lowest BCUT2D eigenvalue weighted by atomic mass is 10.0. The van der Waals surface area contributed by atoms with Crippen molar-refractivity contribution in [1.82, 2.24) is 5.32 Å². The third-order valence-corrected chi connectivity index (χ3v) is 2.62. The summed E-state index contributed by atoms with van der Waals surface area (Å²) in [7, 11) is 1.55. The second-order valence-electron chi connectivity index (χ2n) is 3.74. The van der Waals surface area contributed by atoms with Crippen LogP contribution in [0.3, 0.4) is 0 Å². The van der Waals surface area contributed by atoms with Crippen LogP contribution in [0.4, 0.5) is 8.78 Å². The van der Waals surface area contributed by atoms with Gasteiger partial charge in [0.05, 0.1) is 13.7 Å². The molecule has 1 saturated heterocycles. The molecule has 1 N–H and O–H groups in total. The molecule has 1 heterocycles. The molecule has 0 radical (unpaired) electrons. The lowest BCUT2D eigenvalue weighted by Crippen LogP contribution is -2.19. The molecule has 15 heavy (non-hydrogen) atoms. The zero-order valence-corrected chi connectivity index (χ0v) is 8.47. The van der Waals surface area contributed by atoms with Gasteiger partial charge in [-0.2, -0.15) is 0 Å². The summed E-state index contributed by atoms with van der Waals surface area (Å²) in [6.45, 7) is -0.254. The Hall–Kier alpha value is -1.16. The Morgan fingerprint density at radius 3 is 2.73 bits per heavy atom. The van der Waals surface area contributed by atoms with E-state index in [0.717, 1.165) is 5.56 Å². The summed E-state index contributed by atoms with van der Waals surface area (Å²) in [4.78, 5) is 0. The van der Waals surface area contributed by atoms with Crippen LogP contribution in [0, 0.1) is 0 Å². The summed E-state index contributed by atoms with van der Waals surface area (Å²) in [6, 6.07) is 6.95. The van der Waals surface area contributed by atoms with E-state index in [1.165, 1.54) is 0 Å². The molecule has 1 aromatic rings. The van der Waals surface area contributed by atoms with Crippen molar-refractivity contribution in [3.05, 3.63) is 29.8 Å². The summed E-state index contributed by atoms with van der Waals surface area (Å²) in [6.07, 6.45) is -0.159. The molecule has 0 aromatic heterocycles. The fourth-order valence-electron chi connectivity index (χ4n) is 1.89. The number of halogens is 2. The van der Waals surface area contributed by atoms with E-state index >= 15 is 0 Å². The van der Waals surface area contributed by atoms with Crippen molar-refractivity contribution in [2.45, 2.75) is 18.4 Å². The first-order valence-corrected chi connectivity index (χ1v) is 4.86. The first-order chi connectivity index (χ1) is 7.12. The second kappa shape index (κ2) is 3.77. The molecule has 0 bridgehead atoms. The molecule has 1 unspecified atom stereocenters. The second-order valence-corrected chi connectivity index (χ2v) is 3.74. The molecule has 1 atom stereocenters. The highest BCUT2D eigenvalue weighted by molar-refractivity contribution is 5.36. The van der Waals surface area contributed by atoms with Gasteiger partial charge in [0.1, 0.15) is 5.75 Å². The van der Waals surface area contributed by atoms with Crippen molar-refractivity contribution in [1.29, 1.82) is 0 Å². The molecule has 4 heteroatoms. The lowest BCUT2D eigenvalue weighted by molar-refractivity contribution is 0.0209. The number of hydrogen-bond donors (Lipinski definition) is 1. The van der Waals surface area contributed by atoms with Crippen molar-refractivity contribution in [2.75, 3.05) is 13.7 Å². The fourth-order valence-corrected chi connectivity index (χ4v) is 1.89. The summed E-state index contributed by atoms with van der Waals surface area (Å²) in [5, 5.41) is 2.81. The van der Waals surface area contributed by atoms with Crippen LogP contribution in [-0.4, -0.2) is 19.6 Å². The van der Waals surface area contributed by atoms with Gasteiger partial charge in [-0.05, 0) is 6.07 Å². The topological polar surface area (TPSA) is 21.3 Å². The van der Waals surface area contributed by atoms with E-state index in [0.29, 0.717) is 5.75 Å². The maximum atomic E-state index is 13.0. The Morgan fingerprint density at radius 1 is 1.40 bits per heavy atom. The number of hydrogen-bond acceptors (Lipinski definition) is 2. The maximum absolute atomic E-state index is 13.0. The van der Waals surface area contributed by atoms with Crippen LogP contribution in [0.1, 0.15) is 18.0 Å². The molecule has 0 spiro atoms. The molecule has 1 aliphatic heterocycles. The normalized spacial score (nSPS) is 24.1. The number of ether oxygens (including phenoxy) is 1. The zero-order valence-electron chi connectivity index (χ0n) is 8.47. The number of methoxy groups -OCH3 is 1. The van der Waals surface area contributed by atoms with Crippen LogP contribution in [-0.2, 0) is 0 Å². The molecule has 0 saturated carbocycles. The SMILES string of the molecule is COc1ccccc1C1CC(F)(F)CN1. The van der Waals surface area contributed by atoms with E-state index in [-0.39, 0.29) is 19.0 Å². The van der Waals surface area contributed by atoms with Gasteiger partial charge in [-0.1, -0.05) is 18.2 Å². The third-order valence-electron chi connectivity index (χ3n) is 2.62. The molecule has 1 fully saturated rings. The number of nitrogens with one attached hydrogen (secondary N) is 1. The zero-order chi connectivity index (χ0) is 10.9. The molecule has 1 aliphatic rings. The summed E-state index contributed by atoms with van der Waals surface area (Å²) in [5.41, 5.74) is 0.803. The lowest BCUT2D eigenvalue weighted by Gasteiger charge is -2.14. The van der Waals surface area contributed by atoms with Crippen LogP contribution >= 0.6 is 0 Å². The molecule has 2 nitrogen and oxygen atoms in total. The maximum Gasteiger partial charge on any atom is 0.262 e. The number of benzene rings is 1. The van der Waals surface area contributed by atoms with Crippen LogP contribution in [0.25, 0.3) is 0 Å². The van der Waals surface area contributed by atoms with Gasteiger partial charge >= 0.3 is 0 Å². The summed E-state index contributed by atoms with van der Waals surface area (Å²) in [5.74, 6) is -1.95. The highest BCUT2D eigenvalue weighted by Crippen LogP contribution is 2.37. The van der Waals surface area contributed by atoms with Gasteiger partial charge in [0.15, 0.2) is 0 Å². The molecule has 0 amide bonds. The standard InChI is InChI=1S/C11H13F2NO/c1-15-10-5-3-2-4-8(10)9-6-11(12,13)7-14-9/h2-5,9,14H,6-7H2,1H3. The Morgan fingerprint density at radius 2 is 2.13 bits per heavy atom. The van der Waals surface area contributed by atoms with E-state index in [4.69, 9.17) is 4.74 Å². The smallest absolute Gasteiger partial charge is 0.262 e. The van der Waals surface area contributed by atoms with Crippen molar-refractivity contribution in [3.8, 4) is 5.75 Å². The van der Waals surface area contributed by atoms with Gasteiger partial charge in [0.2, 0.25) is 0 Å². The van der Waals surface area contributed by atoms with E-state index in [9.17, 15) is 8.78 Å². The van der Waals surface area contributed by atoms with Gasteiger partial charge in [0.25, 0.3) is 5.92 Å². The Balaban J connectivity index is 2.23. The van der Waals surface area contributed by atoms with Crippen LogP contribution in [0.5, 0.6) is 5.75 Å². The monoisotopic (exact) mass is 213 g/mol. The van der Waals surface area contributed by atoms with Crippen molar-refractivity contribution < 1.29 is 13.5 Å². The predicted octanol–water partition coefficient (Wildman–Crippen LogP) is 2.36. The minimum absolute atomic E-state index is 0.159. The minimum Gasteiger partial charge on any atom is -0.496 e. The third kappa shape index (κ3) is 2.09. The highest BCUT2D eigenvalue weighted by Gasteiger charge is 2.40. The van der Waals surface area contributed by atoms with Crippen LogP contribution in [0.2, 0.25) is 0 Å². The number of rotatable bonds is 2. The average molecular weight is 213 g/mol. The van der Waals surface area contributed by atoms with Crippen molar-refractivity contribution >= 4 is 0 Å². The van der Waals surface area contributed by atoms with Crippen molar-refractivity contribution in [3.63, 3.8) is 0 Å².